The number of H-pyrrole nitrogens is 1. The number of pyridine rings is 1. The molecule has 0 radical (unpaired) electrons. The van der Waals surface area contributed by atoms with Crippen LogP contribution in [0.3, 0.4) is 0 Å². The van der Waals surface area contributed by atoms with E-state index < -0.39 is 23.4 Å². The molecule has 0 fully saturated rings. The highest BCUT2D eigenvalue weighted by atomic mass is 79.9. The van der Waals surface area contributed by atoms with Crippen LogP contribution in [-0.2, 0) is 5.33 Å². The van der Waals surface area contributed by atoms with Crippen LogP contribution in [0.2, 0.25) is 0 Å². The molecular formula is C7H5BrF3NO. The van der Waals surface area contributed by atoms with E-state index in [1.165, 1.54) is 0 Å². The lowest BCUT2D eigenvalue weighted by Gasteiger charge is -2.04. The maximum Gasteiger partial charge on any atom is 0.269 e. The summed E-state index contributed by atoms with van der Waals surface area (Å²) in [6.45, 7) is 0. The Hall–Kier alpha value is -0.780. The first-order valence-corrected chi connectivity index (χ1v) is 4.44. The van der Waals surface area contributed by atoms with Crippen molar-refractivity contribution in [1.29, 1.82) is 0 Å². The Kier molecular flexibility index (Phi) is 3.13. The lowest BCUT2D eigenvalue weighted by molar-refractivity contribution is 0.148. The van der Waals surface area contributed by atoms with Gasteiger partial charge in [0.2, 0.25) is 0 Å². The van der Waals surface area contributed by atoms with E-state index in [1.807, 2.05) is 0 Å². The predicted octanol–water partition coefficient (Wildman–Crippen LogP) is 2.35. The standard InChI is InChI=1S/C7H5BrF3NO/c8-2-3-6(7(10)11)4(13)1-5(9)12-3/h1,7H,2H2,(H,12,13). The molecule has 1 aromatic heterocycles. The molecule has 13 heavy (non-hydrogen) atoms. The quantitative estimate of drug-likeness (QED) is 0.639. The van der Waals surface area contributed by atoms with Gasteiger partial charge in [0.15, 0.2) is 11.4 Å². The van der Waals surface area contributed by atoms with Crippen molar-refractivity contribution in [2.45, 2.75) is 11.8 Å². The predicted molar refractivity (Wildman–Crippen MR) is 44.6 cm³/mol. The number of nitrogens with one attached hydrogen (secondary N) is 1. The van der Waals surface area contributed by atoms with Crippen molar-refractivity contribution in [3.05, 3.63) is 33.5 Å². The average molecular weight is 256 g/mol. The third-order valence-electron chi connectivity index (χ3n) is 1.47. The molecule has 0 amide bonds. The van der Waals surface area contributed by atoms with E-state index in [0.717, 1.165) is 0 Å². The molecule has 1 rings (SSSR count). The Morgan fingerprint density at radius 1 is 1.54 bits per heavy atom. The van der Waals surface area contributed by atoms with Gasteiger partial charge in [0.1, 0.15) is 0 Å². The summed E-state index contributed by atoms with van der Waals surface area (Å²) in [5.41, 5.74) is -1.79. The molecule has 0 aliphatic carbocycles. The highest BCUT2D eigenvalue weighted by molar-refractivity contribution is 9.08. The maximum absolute atomic E-state index is 12.5. The lowest BCUT2D eigenvalue weighted by Crippen LogP contribution is -2.14. The Morgan fingerprint density at radius 3 is 2.62 bits per heavy atom. The Bertz CT molecular complexity index is 363. The molecule has 1 heterocycles. The molecule has 0 unspecified atom stereocenters. The fourth-order valence-corrected chi connectivity index (χ4v) is 1.38. The second kappa shape index (κ2) is 3.95. The second-order valence-corrected chi connectivity index (χ2v) is 2.87. The van der Waals surface area contributed by atoms with E-state index >= 15 is 0 Å². The van der Waals surface area contributed by atoms with E-state index in [9.17, 15) is 18.0 Å². The van der Waals surface area contributed by atoms with Gasteiger partial charge in [0.25, 0.3) is 6.43 Å². The molecule has 1 N–H and O–H groups in total. The van der Waals surface area contributed by atoms with Crippen LogP contribution in [0.1, 0.15) is 17.7 Å². The highest BCUT2D eigenvalue weighted by Crippen LogP contribution is 2.19. The fourth-order valence-electron chi connectivity index (χ4n) is 0.934. The fraction of sp³-hybridized carbons (Fsp3) is 0.286. The van der Waals surface area contributed by atoms with Crippen LogP contribution >= 0.6 is 15.9 Å². The van der Waals surface area contributed by atoms with Gasteiger partial charge in [-0.25, -0.2) is 8.78 Å². The van der Waals surface area contributed by atoms with Crippen LogP contribution in [-0.4, -0.2) is 4.98 Å². The zero-order valence-corrected chi connectivity index (χ0v) is 7.87. The minimum atomic E-state index is -2.89. The summed E-state index contributed by atoms with van der Waals surface area (Å²) < 4.78 is 37.0. The number of aromatic amines is 1. The summed E-state index contributed by atoms with van der Waals surface area (Å²) in [6.07, 6.45) is -2.89. The Morgan fingerprint density at radius 2 is 2.15 bits per heavy atom. The van der Waals surface area contributed by atoms with Gasteiger partial charge in [-0.1, -0.05) is 15.9 Å². The number of alkyl halides is 3. The van der Waals surface area contributed by atoms with Gasteiger partial charge in [-0.2, -0.15) is 4.39 Å². The zero-order valence-electron chi connectivity index (χ0n) is 6.28. The van der Waals surface area contributed by atoms with Gasteiger partial charge in [-0.3, -0.25) is 4.79 Å². The Balaban J connectivity index is 3.39. The maximum atomic E-state index is 12.5. The summed E-state index contributed by atoms with van der Waals surface area (Å²) in [4.78, 5) is 13.0. The first-order chi connectivity index (χ1) is 6.06. The van der Waals surface area contributed by atoms with Crippen molar-refractivity contribution in [2.75, 3.05) is 0 Å². The molecule has 2 nitrogen and oxygen atoms in total. The summed E-state index contributed by atoms with van der Waals surface area (Å²) in [7, 11) is 0. The molecule has 0 atom stereocenters. The summed E-state index contributed by atoms with van der Waals surface area (Å²) in [6, 6.07) is 0.508. The van der Waals surface area contributed by atoms with Crippen molar-refractivity contribution < 1.29 is 13.2 Å². The number of hydrogen-bond acceptors (Lipinski definition) is 1. The van der Waals surface area contributed by atoms with Gasteiger partial charge in [-0.15, -0.1) is 0 Å². The molecular weight excluding hydrogens is 251 g/mol. The third-order valence-corrected chi connectivity index (χ3v) is 2.03. The zero-order chi connectivity index (χ0) is 10.0. The molecule has 6 heteroatoms. The van der Waals surface area contributed by atoms with Gasteiger partial charge >= 0.3 is 0 Å². The van der Waals surface area contributed by atoms with Crippen LogP contribution in [0.25, 0.3) is 0 Å². The number of halogens is 4. The van der Waals surface area contributed by atoms with Crippen LogP contribution in [0.4, 0.5) is 13.2 Å². The van der Waals surface area contributed by atoms with Crippen LogP contribution in [0, 0.1) is 5.95 Å². The van der Waals surface area contributed by atoms with E-state index in [0.29, 0.717) is 6.07 Å². The third kappa shape index (κ3) is 2.12. The summed E-state index contributed by atoms with van der Waals surface area (Å²) in [5, 5.41) is -0.0142. The normalized spacial score (nSPS) is 10.8. The molecule has 1 aromatic rings. The van der Waals surface area contributed by atoms with E-state index in [-0.39, 0.29) is 11.0 Å². The monoisotopic (exact) mass is 255 g/mol. The van der Waals surface area contributed by atoms with Crippen molar-refractivity contribution >= 4 is 15.9 Å². The van der Waals surface area contributed by atoms with E-state index in [2.05, 4.69) is 20.9 Å². The van der Waals surface area contributed by atoms with Crippen LogP contribution < -0.4 is 5.43 Å². The molecule has 0 aromatic carbocycles. The smallest absolute Gasteiger partial charge is 0.269 e. The van der Waals surface area contributed by atoms with Crippen molar-refractivity contribution in [3.8, 4) is 0 Å². The minimum Gasteiger partial charge on any atom is -0.334 e. The average Bonchev–Trinajstić information content (AvgIpc) is 2.01. The number of hydrogen-bond donors (Lipinski definition) is 1. The summed E-state index contributed by atoms with van der Waals surface area (Å²) in [5.74, 6) is -0.913. The lowest BCUT2D eigenvalue weighted by atomic mass is 10.2. The molecule has 0 bridgehead atoms. The first-order valence-electron chi connectivity index (χ1n) is 3.32. The van der Waals surface area contributed by atoms with E-state index in [4.69, 9.17) is 0 Å². The molecule has 0 aliphatic heterocycles. The SMILES string of the molecule is O=c1cc(F)[nH]c(CBr)c1C(F)F. The van der Waals surface area contributed by atoms with Crippen molar-refractivity contribution in [2.24, 2.45) is 0 Å². The summed E-state index contributed by atoms with van der Waals surface area (Å²) >= 11 is 2.87. The van der Waals surface area contributed by atoms with Gasteiger partial charge < -0.3 is 4.98 Å². The van der Waals surface area contributed by atoms with Gasteiger partial charge in [0, 0.05) is 17.1 Å². The van der Waals surface area contributed by atoms with E-state index in [1.54, 1.807) is 0 Å². The molecule has 0 aliphatic rings. The molecule has 0 saturated heterocycles. The molecule has 0 spiro atoms. The minimum absolute atomic E-state index is 0.0142. The van der Waals surface area contributed by atoms with Crippen molar-refractivity contribution in [1.82, 2.24) is 4.98 Å². The van der Waals surface area contributed by atoms with Gasteiger partial charge in [-0.05, 0) is 0 Å². The van der Waals surface area contributed by atoms with Gasteiger partial charge in [0.05, 0.1) is 5.56 Å². The van der Waals surface area contributed by atoms with Crippen molar-refractivity contribution in [3.63, 3.8) is 0 Å². The first kappa shape index (κ1) is 10.3. The Labute approximate surface area is 79.9 Å². The number of aromatic nitrogens is 1. The highest BCUT2D eigenvalue weighted by Gasteiger charge is 2.17. The van der Waals surface area contributed by atoms with Crippen LogP contribution in [0.5, 0.6) is 0 Å². The molecule has 72 valence electrons. The number of rotatable bonds is 2. The largest absolute Gasteiger partial charge is 0.334 e. The molecule has 0 saturated carbocycles. The van der Waals surface area contributed by atoms with Crippen LogP contribution in [0.15, 0.2) is 10.9 Å². The second-order valence-electron chi connectivity index (χ2n) is 2.31. The topological polar surface area (TPSA) is 32.9 Å².